The number of aliphatic imine (C=N–C) groups is 2. The number of nitrogens with one attached hydrogen (secondary N) is 6. The zero-order valence-corrected chi connectivity index (χ0v) is 76.8. The Kier molecular flexibility index (Phi) is 28.2. The van der Waals surface area contributed by atoms with Crippen molar-refractivity contribution in [3.8, 4) is 56.3 Å². The first-order valence-corrected chi connectivity index (χ1v) is 45.4. The number of esters is 1. The van der Waals surface area contributed by atoms with E-state index in [1.54, 1.807) is 55.6 Å². The van der Waals surface area contributed by atoms with Crippen molar-refractivity contribution in [2.24, 2.45) is 33.7 Å². The van der Waals surface area contributed by atoms with Crippen LogP contribution >= 0.6 is 0 Å². The van der Waals surface area contributed by atoms with E-state index in [1.807, 2.05) is 74.0 Å². The van der Waals surface area contributed by atoms with Crippen molar-refractivity contribution in [3.63, 3.8) is 0 Å². The van der Waals surface area contributed by atoms with Gasteiger partial charge in [-0.15, -0.1) is 0 Å². The minimum absolute atomic E-state index is 0.00584. The predicted molar refractivity (Wildman–Crippen MR) is 499 cm³/mol. The highest BCUT2D eigenvalue weighted by Gasteiger charge is 2.47. The molecule has 694 valence electrons. The fourth-order valence-corrected chi connectivity index (χ4v) is 20.2. The third-order valence-corrected chi connectivity index (χ3v) is 27.0. The van der Waals surface area contributed by atoms with Gasteiger partial charge in [-0.2, -0.15) is 0 Å². The number of imidazole rings is 2. The summed E-state index contributed by atoms with van der Waals surface area (Å²) in [5.41, 5.74) is 17.7. The number of benzene rings is 8. The standard InChI is InChI=1S/C50H55N7O8.C41H47N5O5.C11H11NO5/c1-27(2)44(54-49(60)63-5)48(59)57-28(3)12-17-41(57)39-21-36-35-22-43-37(20-31(35)14-16-38(36)52-39)34-15-13-32(19-33(34)26-65-43)40-23-51-46(53-40)42-18-29(25-62-4)24-56(42)47(58)45(55-50(61)64-6)30-10-8-7-9-11-30;1-22(2)38(45-41(48)50-5)40(47)46-23(3)6-13-36(46)34-17-31-30-18-37-32(16-25(30)10-12-33(31)43-34)29-11-9-26(15-28(29)21-51-37)35-19-42-39(44-35)27-8-7-24(14-27)20-49-4;1-16-11(15)12-9(10(14)17-7-13)8-5-3-2-4-6-8/h7-11,13-16,19-20,22-23,27-29,41-42,44-45H,12,17-18,21,24-26H2,1-6H3,(H,51,53)(H,54,60)(H,55,61);9-12,15-16,18-19,22-24,27,36,38H,6-8,13-14,17,20-21H2,1-5H3,(H,42,44)(H,45,48);2-7,9H,1H3,(H,12,15)/t28-,29-,41-,42-,44-,45+;23-,24+,27-,36-,38-;9-/m001/s1. The lowest BCUT2D eigenvalue weighted by Gasteiger charge is -2.33. The molecule has 31 heteroatoms. The van der Waals surface area contributed by atoms with Crippen molar-refractivity contribution in [1.82, 2.24) is 55.9 Å². The van der Waals surface area contributed by atoms with Crippen molar-refractivity contribution < 1.29 is 85.8 Å². The van der Waals surface area contributed by atoms with Gasteiger partial charge in [-0.3, -0.25) is 29.2 Å². The predicted octanol–water partition coefficient (Wildman–Crippen LogP) is 16.3. The highest BCUT2D eigenvalue weighted by Crippen LogP contribution is 2.49. The van der Waals surface area contributed by atoms with Crippen molar-refractivity contribution in [3.05, 3.63) is 203 Å². The largest absolute Gasteiger partial charge is 0.488 e. The monoisotopic (exact) mass is 1810 g/mol. The van der Waals surface area contributed by atoms with Gasteiger partial charge in [-0.05, 0) is 209 Å². The summed E-state index contributed by atoms with van der Waals surface area (Å²) >= 11 is 0. The Morgan fingerprint density at radius 2 is 0.940 bits per heavy atom. The van der Waals surface area contributed by atoms with E-state index in [4.69, 9.17) is 53.1 Å². The van der Waals surface area contributed by atoms with Crippen molar-refractivity contribution in [2.45, 2.75) is 179 Å². The first kappa shape index (κ1) is 92.5. The van der Waals surface area contributed by atoms with Crippen molar-refractivity contribution in [2.75, 3.05) is 62.4 Å². The molecule has 8 aliphatic rings. The van der Waals surface area contributed by atoms with Crippen LogP contribution in [-0.2, 0) is 83.2 Å². The first-order chi connectivity index (χ1) is 64.4. The van der Waals surface area contributed by atoms with Gasteiger partial charge in [-0.1, -0.05) is 125 Å². The number of carbonyl (C=O) groups is 9. The van der Waals surface area contributed by atoms with E-state index in [-0.39, 0.29) is 72.2 Å². The maximum atomic E-state index is 14.3. The van der Waals surface area contributed by atoms with Gasteiger partial charge in [0.1, 0.15) is 54.5 Å². The quantitative estimate of drug-likeness (QED) is 0.0150. The topological polar surface area (TPSA) is 377 Å². The second-order valence-corrected chi connectivity index (χ2v) is 36.0. The van der Waals surface area contributed by atoms with Crippen LogP contribution in [-0.4, -0.2) is 199 Å². The Morgan fingerprint density at radius 3 is 1.41 bits per heavy atom. The molecule has 0 unspecified atom stereocenters. The number of likely N-dealkylation sites (tertiary alicyclic amines) is 3. The number of alkyl carbamates (subject to hydrolysis) is 4. The maximum absolute atomic E-state index is 14.3. The Hall–Kier alpha value is -13.8. The van der Waals surface area contributed by atoms with Crippen LogP contribution in [0.1, 0.15) is 162 Å². The molecule has 31 nitrogen and oxygen atoms in total. The fourth-order valence-electron chi connectivity index (χ4n) is 20.2. The van der Waals surface area contributed by atoms with Crippen molar-refractivity contribution >= 4 is 98.9 Å². The smallest absolute Gasteiger partial charge is 0.407 e. The summed E-state index contributed by atoms with van der Waals surface area (Å²) in [6.45, 7) is 14.5. The summed E-state index contributed by atoms with van der Waals surface area (Å²) < 4.78 is 47.0. The fraction of sp³-hybridized carbons (Fsp3) is 0.402. The van der Waals surface area contributed by atoms with Crippen LogP contribution in [0.4, 0.5) is 30.6 Å². The molecule has 6 N–H and O–H groups in total. The van der Waals surface area contributed by atoms with E-state index in [2.05, 4.69) is 139 Å². The van der Waals surface area contributed by atoms with Gasteiger partial charge in [0.15, 0.2) is 6.04 Å². The summed E-state index contributed by atoms with van der Waals surface area (Å²) in [4.78, 5) is 144. The lowest BCUT2D eigenvalue weighted by molar-refractivity contribution is -0.153. The second-order valence-electron chi connectivity index (χ2n) is 36.0. The maximum Gasteiger partial charge on any atom is 0.407 e. The van der Waals surface area contributed by atoms with Crippen LogP contribution in [0.2, 0.25) is 0 Å². The Balaban J connectivity index is 0.000000168. The average molecular weight is 1810 g/mol. The summed E-state index contributed by atoms with van der Waals surface area (Å²) in [7, 11) is 8.50. The molecule has 2 aromatic heterocycles. The van der Waals surface area contributed by atoms with Gasteiger partial charge in [0.25, 0.3) is 5.91 Å². The summed E-state index contributed by atoms with van der Waals surface area (Å²) in [5, 5.41) is 15.0. The zero-order valence-electron chi connectivity index (χ0n) is 76.8. The SMILES string of the molecule is COC(=O)N[C@@H](C(=O)OC=O)c1ccccc1.COC[C@@H]1CC[C@H](c2ncc(-c3ccc4c(c3)COc3cc5c6c(ccc5cc3-4)N=C([C@@H]3CC[C@H](C)N3C(=O)[C@@H](NC(=O)OC)C(C)C)C6)[nH]2)C1.COC[C@H]1C[C@@H](c2ncc(-c3ccc4c(c3)COc3cc5c6c(ccc5cc3-4)N=C([C@@H]3CC[C@H](C)N3C(=O)[C@@H](NC(=O)OC)C(C)C)C6)[nH]2)N(C(=O)[C@H](NC(=O)OC)c2ccccc2)C1. The first-order valence-electron chi connectivity index (χ1n) is 45.4. The lowest BCUT2D eigenvalue weighted by atomic mass is 9.90. The molecule has 18 rings (SSSR count). The number of carbonyl (C=O) groups excluding carboxylic acids is 9. The molecule has 8 aromatic carbocycles. The van der Waals surface area contributed by atoms with Crippen LogP contribution in [0, 0.1) is 23.7 Å². The molecule has 1 aliphatic carbocycles. The van der Waals surface area contributed by atoms with Crippen LogP contribution in [0.3, 0.4) is 0 Å². The van der Waals surface area contributed by atoms with Gasteiger partial charge in [0.2, 0.25) is 11.8 Å². The molecule has 7 aliphatic heterocycles. The van der Waals surface area contributed by atoms with E-state index in [0.717, 1.165) is 163 Å². The molecule has 3 saturated heterocycles. The highest BCUT2D eigenvalue weighted by atomic mass is 16.6. The number of fused-ring (bicyclic) bond motifs is 12. The van der Waals surface area contributed by atoms with Crippen LogP contribution < -0.4 is 30.7 Å². The van der Waals surface area contributed by atoms with E-state index >= 15 is 0 Å². The average Bonchev–Trinajstić information content (AvgIpc) is 1.72. The number of hydrogen-bond donors (Lipinski definition) is 6. The molecule has 12 atom stereocenters. The highest BCUT2D eigenvalue weighted by molar-refractivity contribution is 6.09. The van der Waals surface area contributed by atoms with Gasteiger partial charge in [0.05, 0.1) is 88.3 Å². The zero-order chi connectivity index (χ0) is 93.6. The third kappa shape index (κ3) is 19.5. The van der Waals surface area contributed by atoms with Crippen molar-refractivity contribution in [1.29, 1.82) is 0 Å². The molecule has 1 saturated carbocycles. The van der Waals surface area contributed by atoms with E-state index in [0.29, 0.717) is 74.4 Å². The molecule has 9 heterocycles. The Morgan fingerprint density at radius 1 is 0.481 bits per heavy atom. The molecule has 0 bridgehead atoms. The second kappa shape index (κ2) is 40.5. The van der Waals surface area contributed by atoms with E-state index in [1.165, 1.54) is 46.0 Å². The summed E-state index contributed by atoms with van der Waals surface area (Å²) in [6, 6.07) is 43.6. The summed E-state index contributed by atoms with van der Waals surface area (Å²) in [6.07, 6.45) is 9.82. The molecule has 133 heavy (non-hydrogen) atoms. The Bertz CT molecular complexity index is 6130. The van der Waals surface area contributed by atoms with Gasteiger partial charge < -0.3 is 88.6 Å². The van der Waals surface area contributed by atoms with Gasteiger partial charge >= 0.3 is 36.8 Å². The number of aromatic nitrogens is 4. The molecule has 0 radical (unpaired) electrons. The van der Waals surface area contributed by atoms with Crippen LogP contribution in [0.5, 0.6) is 11.5 Å². The summed E-state index contributed by atoms with van der Waals surface area (Å²) in [5.74, 6) is 2.99. The molecule has 0 spiro atoms. The third-order valence-electron chi connectivity index (χ3n) is 27.0. The number of amides is 7. The number of aromatic amines is 2. The van der Waals surface area contributed by atoms with E-state index < -0.39 is 54.5 Å². The number of ether oxygens (including phenoxy) is 9. The molecule has 10 aromatic rings. The number of H-pyrrole nitrogens is 2. The minimum atomic E-state index is -1.08. The molecule has 4 fully saturated rings. The number of methoxy groups -OCH3 is 6. The molecular weight excluding hydrogens is 1700 g/mol. The normalized spacial score (nSPS) is 20.2. The molecule has 7 amide bonds. The Labute approximate surface area is 771 Å². The number of rotatable bonds is 23. The number of hydrogen-bond acceptors (Lipinski definition) is 22. The van der Waals surface area contributed by atoms with Gasteiger partial charge in [0, 0.05) is 86.7 Å². The minimum Gasteiger partial charge on any atom is -0.488 e. The number of nitrogens with zero attached hydrogens (tertiary/aromatic N) is 7. The van der Waals surface area contributed by atoms with Gasteiger partial charge in [-0.25, -0.2) is 33.9 Å². The van der Waals surface area contributed by atoms with E-state index in [9.17, 15) is 43.2 Å². The lowest BCUT2D eigenvalue weighted by Crippen LogP contribution is -2.55. The molecular formula is C102H113N13O18. The van der Waals surface area contributed by atoms with Crippen LogP contribution in [0.15, 0.2) is 168 Å². The van der Waals surface area contributed by atoms with Crippen LogP contribution in [0.25, 0.3) is 66.3 Å².